The smallest absolute Gasteiger partial charge is 0.306 e. The number of piperidine rings is 1. The van der Waals surface area contributed by atoms with Crippen LogP contribution in [0.25, 0.3) is 0 Å². The average molecular weight is 430 g/mol. The van der Waals surface area contributed by atoms with Crippen LogP contribution in [0.2, 0.25) is 5.02 Å². The fraction of sp³-hybridized carbons (Fsp3) is 0.565. The van der Waals surface area contributed by atoms with Gasteiger partial charge < -0.3 is 10.2 Å². The molecule has 1 aromatic carbocycles. The third-order valence-corrected chi connectivity index (χ3v) is 6.83. The number of halogens is 1. The van der Waals surface area contributed by atoms with Gasteiger partial charge in [0.25, 0.3) is 0 Å². The third-order valence-electron chi connectivity index (χ3n) is 6.50. The van der Waals surface area contributed by atoms with Gasteiger partial charge in [-0.3, -0.25) is 5.32 Å². The predicted molar refractivity (Wildman–Crippen MR) is 122 cm³/mol. The first-order valence-electron chi connectivity index (χ1n) is 11.3. The molecule has 7 heteroatoms. The van der Waals surface area contributed by atoms with Gasteiger partial charge in [0.15, 0.2) is 0 Å². The molecule has 0 bridgehead atoms. The van der Waals surface area contributed by atoms with Gasteiger partial charge in [0.2, 0.25) is 0 Å². The number of rotatable bonds is 7. The summed E-state index contributed by atoms with van der Waals surface area (Å²) in [5, 5.41) is 10.7. The number of amides is 2. The molecular formula is C23H32ClN5O. The first kappa shape index (κ1) is 21.2. The molecule has 2 aliphatic rings. The lowest BCUT2D eigenvalue weighted by atomic mass is 10.0. The molecule has 0 atom stereocenters. The van der Waals surface area contributed by atoms with Gasteiger partial charge in [0, 0.05) is 19.2 Å². The number of carbonyl (C=O) groups is 1. The summed E-state index contributed by atoms with van der Waals surface area (Å²) >= 11 is 6.13. The van der Waals surface area contributed by atoms with E-state index in [4.69, 9.17) is 11.6 Å². The van der Waals surface area contributed by atoms with E-state index in [1.54, 1.807) is 18.3 Å². The van der Waals surface area contributed by atoms with Crippen LogP contribution in [0.3, 0.4) is 0 Å². The highest BCUT2D eigenvalue weighted by molar-refractivity contribution is 6.33. The highest BCUT2D eigenvalue weighted by Gasteiger charge is 2.23. The quantitative estimate of drug-likeness (QED) is 0.585. The first-order valence-corrected chi connectivity index (χ1v) is 11.7. The van der Waals surface area contributed by atoms with E-state index in [9.17, 15) is 4.79 Å². The molecule has 0 unspecified atom stereocenters. The van der Waals surface area contributed by atoms with Crippen LogP contribution in [0, 0.1) is 5.92 Å². The minimum Gasteiger partial charge on any atom is -0.306 e. The maximum atomic E-state index is 12.4. The van der Waals surface area contributed by atoms with Crippen molar-refractivity contribution in [3.8, 4) is 0 Å². The number of likely N-dealkylation sites (tertiary alicyclic amines) is 1. The number of hydrogen-bond donors (Lipinski definition) is 2. The molecule has 162 valence electrons. The maximum absolute atomic E-state index is 12.4. The lowest BCUT2D eigenvalue weighted by molar-refractivity contribution is 0.176. The summed E-state index contributed by atoms with van der Waals surface area (Å²) in [6, 6.07) is 9.07. The van der Waals surface area contributed by atoms with E-state index >= 15 is 0 Å². The molecule has 2 aromatic rings. The molecule has 2 N–H and O–H groups in total. The summed E-state index contributed by atoms with van der Waals surface area (Å²) in [4.78, 5) is 15.0. The van der Waals surface area contributed by atoms with Gasteiger partial charge in [0.1, 0.15) is 5.82 Å². The topological polar surface area (TPSA) is 62.2 Å². The van der Waals surface area contributed by atoms with E-state index < -0.39 is 0 Å². The first-order chi connectivity index (χ1) is 14.7. The van der Waals surface area contributed by atoms with Crippen LogP contribution in [0.1, 0.15) is 57.4 Å². The molecule has 0 spiro atoms. The highest BCUT2D eigenvalue weighted by atomic mass is 35.5. The zero-order valence-electron chi connectivity index (χ0n) is 17.5. The van der Waals surface area contributed by atoms with Crippen molar-refractivity contribution in [2.45, 2.75) is 57.4 Å². The van der Waals surface area contributed by atoms with E-state index in [1.165, 1.54) is 45.1 Å². The van der Waals surface area contributed by atoms with Gasteiger partial charge in [0.05, 0.1) is 22.9 Å². The zero-order chi connectivity index (χ0) is 20.8. The Morgan fingerprint density at radius 3 is 2.60 bits per heavy atom. The maximum Gasteiger partial charge on any atom is 0.324 e. The molecule has 2 amide bonds. The predicted octanol–water partition coefficient (Wildman–Crippen LogP) is 5.79. The second-order valence-electron chi connectivity index (χ2n) is 8.59. The number of para-hydroxylation sites is 1. The van der Waals surface area contributed by atoms with Gasteiger partial charge in [-0.15, -0.1) is 0 Å². The molecule has 1 saturated heterocycles. The van der Waals surface area contributed by atoms with Crippen LogP contribution >= 0.6 is 11.6 Å². The molecular weight excluding hydrogens is 398 g/mol. The minimum absolute atomic E-state index is 0.311. The summed E-state index contributed by atoms with van der Waals surface area (Å²) in [6.45, 7) is 3.41. The van der Waals surface area contributed by atoms with Crippen molar-refractivity contribution < 1.29 is 4.79 Å². The number of aromatic nitrogens is 2. The summed E-state index contributed by atoms with van der Waals surface area (Å²) in [7, 11) is 0. The van der Waals surface area contributed by atoms with E-state index in [-0.39, 0.29) is 6.03 Å². The summed E-state index contributed by atoms with van der Waals surface area (Å²) in [6.07, 6.45) is 12.4. The van der Waals surface area contributed by atoms with Crippen molar-refractivity contribution in [3.63, 3.8) is 0 Å². The molecule has 2 fully saturated rings. The lowest BCUT2D eigenvalue weighted by Crippen LogP contribution is -2.36. The number of carbonyl (C=O) groups excluding carboxylic acids is 1. The molecule has 6 nitrogen and oxygen atoms in total. The van der Waals surface area contributed by atoms with Gasteiger partial charge in [-0.2, -0.15) is 5.10 Å². The van der Waals surface area contributed by atoms with Crippen molar-refractivity contribution in [3.05, 3.63) is 41.6 Å². The largest absolute Gasteiger partial charge is 0.324 e. The number of nitrogens with zero attached hydrogens (tertiary/aromatic N) is 3. The van der Waals surface area contributed by atoms with Crippen LogP contribution < -0.4 is 10.6 Å². The van der Waals surface area contributed by atoms with Crippen LogP contribution in [-0.2, 0) is 0 Å². The molecule has 0 radical (unpaired) electrons. The van der Waals surface area contributed by atoms with Crippen LogP contribution in [0.15, 0.2) is 36.5 Å². The van der Waals surface area contributed by atoms with Crippen molar-refractivity contribution in [1.29, 1.82) is 0 Å². The van der Waals surface area contributed by atoms with E-state index in [2.05, 4.69) is 20.6 Å². The normalized spacial score (nSPS) is 18.6. The molecule has 1 aromatic heterocycles. The van der Waals surface area contributed by atoms with Crippen LogP contribution in [0.5, 0.6) is 0 Å². The Labute approximate surface area is 184 Å². The Morgan fingerprint density at radius 2 is 1.83 bits per heavy atom. The second-order valence-corrected chi connectivity index (χ2v) is 8.99. The van der Waals surface area contributed by atoms with Gasteiger partial charge >= 0.3 is 6.03 Å². The molecule has 1 saturated carbocycles. The number of anilines is 2. The van der Waals surface area contributed by atoms with Crippen molar-refractivity contribution in [2.24, 2.45) is 5.92 Å². The van der Waals surface area contributed by atoms with Gasteiger partial charge in [-0.25, -0.2) is 9.48 Å². The number of hydrogen-bond acceptors (Lipinski definition) is 3. The van der Waals surface area contributed by atoms with E-state index in [0.717, 1.165) is 37.7 Å². The third kappa shape index (κ3) is 5.55. The van der Waals surface area contributed by atoms with E-state index in [0.29, 0.717) is 16.8 Å². The highest BCUT2D eigenvalue weighted by Crippen LogP contribution is 2.30. The second kappa shape index (κ2) is 10.3. The molecule has 2 heterocycles. The SMILES string of the molecule is O=C(Nc1ccccc1Cl)Nc1ccnn1C1CCN(CCCC2CCCC2)CC1. The van der Waals surface area contributed by atoms with Crippen molar-refractivity contribution in [1.82, 2.24) is 14.7 Å². The molecule has 4 rings (SSSR count). The fourth-order valence-corrected chi connectivity index (χ4v) is 5.01. The van der Waals surface area contributed by atoms with E-state index in [1.807, 2.05) is 22.9 Å². The van der Waals surface area contributed by atoms with Crippen LogP contribution in [0.4, 0.5) is 16.3 Å². The molecule has 1 aliphatic carbocycles. The number of urea groups is 1. The van der Waals surface area contributed by atoms with Gasteiger partial charge in [-0.1, -0.05) is 49.4 Å². The standard InChI is InChI=1S/C23H32ClN5O/c24-20-9-3-4-10-21(20)26-23(30)27-22-11-14-25-29(22)19-12-16-28(17-13-19)15-5-8-18-6-1-2-7-18/h3-4,9-11,14,18-19H,1-2,5-8,12-13,15-17H2,(H2,26,27,30). The Morgan fingerprint density at radius 1 is 1.07 bits per heavy atom. The average Bonchev–Trinajstić information content (AvgIpc) is 3.43. The number of benzene rings is 1. The molecule has 1 aliphatic heterocycles. The summed E-state index contributed by atoms with van der Waals surface area (Å²) in [5.74, 6) is 1.70. The summed E-state index contributed by atoms with van der Waals surface area (Å²) in [5.41, 5.74) is 0.591. The zero-order valence-corrected chi connectivity index (χ0v) is 18.3. The summed E-state index contributed by atoms with van der Waals surface area (Å²) < 4.78 is 1.96. The van der Waals surface area contributed by atoms with Crippen LogP contribution in [-0.4, -0.2) is 40.3 Å². The lowest BCUT2D eigenvalue weighted by Gasteiger charge is -2.32. The Bertz CT molecular complexity index is 825. The Kier molecular flexibility index (Phi) is 7.28. The minimum atomic E-state index is -0.311. The Hall–Kier alpha value is -2.05. The van der Waals surface area contributed by atoms with Crippen molar-refractivity contribution in [2.75, 3.05) is 30.3 Å². The molecule has 30 heavy (non-hydrogen) atoms. The number of nitrogens with one attached hydrogen (secondary N) is 2. The monoisotopic (exact) mass is 429 g/mol. The van der Waals surface area contributed by atoms with Gasteiger partial charge in [-0.05, 0) is 50.3 Å². The fourth-order valence-electron chi connectivity index (χ4n) is 4.83. The van der Waals surface area contributed by atoms with Crippen molar-refractivity contribution >= 4 is 29.1 Å². The Balaban J connectivity index is 1.24.